The van der Waals surface area contributed by atoms with Crippen LogP contribution in [0.15, 0.2) is 93.6 Å². The molecule has 4 nitrogen and oxygen atoms in total. The van der Waals surface area contributed by atoms with E-state index in [2.05, 4.69) is 122 Å². The van der Waals surface area contributed by atoms with Gasteiger partial charge in [-0.25, -0.2) is 4.58 Å². The van der Waals surface area contributed by atoms with Crippen LogP contribution >= 0.6 is 34.9 Å². The van der Waals surface area contributed by atoms with Crippen molar-refractivity contribution in [1.29, 1.82) is 0 Å². The molecule has 0 spiro atoms. The van der Waals surface area contributed by atoms with Crippen molar-refractivity contribution in [3.05, 3.63) is 126 Å². The lowest BCUT2D eigenvalue weighted by atomic mass is 9.91. The number of hydrogen-bond donors (Lipinski definition) is 0. The molecule has 7 heteroatoms. The van der Waals surface area contributed by atoms with Gasteiger partial charge >= 0.3 is 0 Å². The van der Waals surface area contributed by atoms with Gasteiger partial charge in [-0.2, -0.15) is 0 Å². The van der Waals surface area contributed by atoms with E-state index in [-0.39, 0.29) is 16.9 Å². The molecular weight excluding hydrogens is 635 g/mol. The van der Waals surface area contributed by atoms with Gasteiger partial charge in [0.1, 0.15) is 16.5 Å². The summed E-state index contributed by atoms with van der Waals surface area (Å²) in [5.74, 6) is 0. The largest absolute Gasteiger partial charge is 0.335 e. The summed E-state index contributed by atoms with van der Waals surface area (Å²) in [6, 6.07) is 26.7. The second kappa shape index (κ2) is 14.1. The first kappa shape index (κ1) is 32.3. The summed E-state index contributed by atoms with van der Waals surface area (Å²) in [5, 5.41) is 2.74. The lowest BCUT2D eigenvalue weighted by Gasteiger charge is -2.21. The summed E-state index contributed by atoms with van der Waals surface area (Å²) in [6.07, 6.45) is 10.3. The Morgan fingerprint density at radius 3 is 2.30 bits per heavy atom. The molecule has 0 amide bonds. The third kappa shape index (κ3) is 6.00. The lowest BCUT2D eigenvalue weighted by molar-refractivity contribution is -0.562. The minimum absolute atomic E-state index is 0.129. The van der Waals surface area contributed by atoms with Gasteiger partial charge < -0.3 is 4.90 Å². The van der Waals surface area contributed by atoms with Gasteiger partial charge in [0, 0.05) is 23.5 Å². The van der Waals surface area contributed by atoms with E-state index in [1.807, 2.05) is 28.1 Å². The summed E-state index contributed by atoms with van der Waals surface area (Å²) >= 11 is 5.50. The summed E-state index contributed by atoms with van der Waals surface area (Å²) < 4.78 is 6.41. The molecule has 0 N–H and O–H groups in total. The van der Waals surface area contributed by atoms with Crippen molar-refractivity contribution < 1.29 is 4.58 Å². The molecule has 0 saturated carbocycles. The molecule has 0 radical (unpaired) electrons. The maximum Gasteiger partial charge on any atom is 0.269 e. The third-order valence-electron chi connectivity index (χ3n) is 9.75. The molecule has 0 saturated heterocycles. The van der Waals surface area contributed by atoms with E-state index in [1.54, 1.807) is 16.9 Å². The van der Waals surface area contributed by atoms with Crippen LogP contribution in [0.5, 0.6) is 0 Å². The summed E-state index contributed by atoms with van der Waals surface area (Å²) in [5.41, 5.74) is 8.32. The van der Waals surface area contributed by atoms with Gasteiger partial charge in [-0.05, 0) is 99.0 Å². The molecule has 0 bridgehead atoms. The van der Waals surface area contributed by atoms with Gasteiger partial charge in [-0.15, -0.1) is 11.3 Å². The highest BCUT2D eigenvalue weighted by molar-refractivity contribution is 8.15. The van der Waals surface area contributed by atoms with Crippen LogP contribution in [-0.2, 0) is 19.4 Å². The SMILES string of the molecule is CCC(C=C1Sc2c(ccc3c2CCCC3)N1CC)=c1sc(=CC2=[N+](CC)C(c3ccccc3)C(c3ccccc3)S2)n(CC)c1=O. The maximum absolute atomic E-state index is 14.1. The van der Waals surface area contributed by atoms with Crippen molar-refractivity contribution in [1.82, 2.24) is 4.57 Å². The highest BCUT2D eigenvalue weighted by Crippen LogP contribution is 2.50. The Morgan fingerprint density at radius 2 is 1.62 bits per heavy atom. The van der Waals surface area contributed by atoms with Crippen LogP contribution in [-0.4, -0.2) is 27.3 Å². The van der Waals surface area contributed by atoms with Crippen molar-refractivity contribution in [2.45, 2.75) is 82.5 Å². The van der Waals surface area contributed by atoms with Crippen molar-refractivity contribution >= 4 is 57.2 Å². The number of likely N-dealkylation sites (N-methyl/N-ethyl adjacent to an activating group) is 1. The van der Waals surface area contributed by atoms with Gasteiger partial charge in [0.2, 0.25) is 5.04 Å². The first-order valence-electron chi connectivity index (χ1n) is 17.2. The Morgan fingerprint density at radius 1 is 0.894 bits per heavy atom. The molecule has 1 aliphatic carbocycles. The number of allylic oxidation sites excluding steroid dienone is 1. The van der Waals surface area contributed by atoms with Crippen LogP contribution in [0.4, 0.5) is 5.69 Å². The molecule has 3 aromatic carbocycles. The Kier molecular flexibility index (Phi) is 9.67. The van der Waals surface area contributed by atoms with Crippen LogP contribution < -0.4 is 19.7 Å². The predicted octanol–water partition coefficient (Wildman–Crippen LogP) is 8.28. The van der Waals surface area contributed by atoms with Crippen molar-refractivity contribution in [2.75, 3.05) is 18.0 Å². The fraction of sp³-hybridized carbons (Fsp3) is 0.350. The average molecular weight is 679 g/mol. The number of anilines is 1. The van der Waals surface area contributed by atoms with E-state index >= 15 is 0 Å². The standard InChI is InChI=1S/C40H44N3OS3/c1-5-27(25-33-41(6-2)32-24-23-28-17-15-16-22-31(28)39(32)47-33)38-40(44)43(8-4)35(46-38)26-34-42(7-3)36(29-18-11-9-12-19-29)37(45-34)30-20-13-10-14-21-30/h9-14,18-21,23-26,36-37H,5-8,15-17,22H2,1-4H3/q+1. The summed E-state index contributed by atoms with van der Waals surface area (Å²) in [7, 11) is 0. The van der Waals surface area contributed by atoms with Crippen LogP contribution in [0.1, 0.15) is 80.5 Å². The number of thioether (sulfide) groups is 2. The quantitative estimate of drug-likeness (QED) is 0.176. The average Bonchev–Trinajstić information content (AvgIpc) is 3.78. The van der Waals surface area contributed by atoms with E-state index in [1.165, 1.54) is 63.0 Å². The molecule has 3 aliphatic rings. The fourth-order valence-corrected chi connectivity index (χ4v) is 11.6. The third-order valence-corrected chi connectivity index (χ3v) is 13.5. The van der Waals surface area contributed by atoms with Crippen molar-refractivity contribution in [3.63, 3.8) is 0 Å². The Bertz CT molecular complexity index is 2020. The zero-order valence-corrected chi connectivity index (χ0v) is 30.3. The van der Waals surface area contributed by atoms with Gasteiger partial charge in [0.25, 0.3) is 5.56 Å². The Hall–Kier alpha value is -3.26. The number of hydrogen-bond acceptors (Lipinski definition) is 5. The molecule has 0 fully saturated rings. The first-order chi connectivity index (χ1) is 23.1. The summed E-state index contributed by atoms with van der Waals surface area (Å²) in [4.78, 5) is 18.0. The highest BCUT2D eigenvalue weighted by atomic mass is 32.2. The van der Waals surface area contributed by atoms with Crippen LogP contribution in [0.3, 0.4) is 0 Å². The molecule has 2 unspecified atom stereocenters. The van der Waals surface area contributed by atoms with Crippen molar-refractivity contribution in [3.8, 4) is 0 Å². The zero-order valence-electron chi connectivity index (χ0n) is 27.9. The fourth-order valence-electron chi connectivity index (χ4n) is 7.37. The van der Waals surface area contributed by atoms with Gasteiger partial charge in [-0.1, -0.05) is 85.4 Å². The topological polar surface area (TPSA) is 28.2 Å². The highest BCUT2D eigenvalue weighted by Gasteiger charge is 2.43. The van der Waals surface area contributed by atoms with Crippen molar-refractivity contribution in [2.24, 2.45) is 0 Å². The molecule has 1 aromatic heterocycles. The molecule has 2 atom stereocenters. The molecule has 2 aliphatic heterocycles. The monoisotopic (exact) mass is 678 g/mol. The number of aryl methyl sites for hydroxylation is 1. The van der Waals surface area contributed by atoms with Crippen LogP contribution in [0, 0.1) is 0 Å². The van der Waals surface area contributed by atoms with E-state index in [4.69, 9.17) is 0 Å². The van der Waals surface area contributed by atoms with Gasteiger partial charge in [-0.3, -0.25) is 9.36 Å². The number of thiazole rings is 1. The van der Waals surface area contributed by atoms with E-state index in [9.17, 15) is 4.79 Å². The second-order valence-electron chi connectivity index (χ2n) is 12.4. The van der Waals surface area contributed by atoms with Gasteiger partial charge in [0.05, 0.1) is 21.3 Å². The molecule has 3 heterocycles. The minimum Gasteiger partial charge on any atom is -0.335 e. The van der Waals surface area contributed by atoms with Crippen LogP contribution in [0.25, 0.3) is 11.6 Å². The first-order valence-corrected chi connectivity index (χ1v) is 19.7. The van der Waals surface area contributed by atoms with E-state index in [0.29, 0.717) is 6.54 Å². The maximum atomic E-state index is 14.1. The van der Waals surface area contributed by atoms with Gasteiger partial charge in [0.15, 0.2) is 6.04 Å². The lowest BCUT2D eigenvalue weighted by Crippen LogP contribution is -2.32. The Labute approximate surface area is 291 Å². The second-order valence-corrected chi connectivity index (χ2v) is 15.6. The normalized spacial score (nSPS) is 21.1. The minimum atomic E-state index is 0.129. The Balaban J connectivity index is 1.34. The number of benzene rings is 3. The predicted molar refractivity (Wildman–Crippen MR) is 203 cm³/mol. The number of rotatable bonds is 8. The smallest absolute Gasteiger partial charge is 0.269 e. The number of aromatic nitrogens is 1. The van der Waals surface area contributed by atoms with E-state index in [0.717, 1.165) is 34.3 Å². The van der Waals surface area contributed by atoms with E-state index < -0.39 is 0 Å². The zero-order chi connectivity index (χ0) is 32.5. The molecule has 7 rings (SSSR count). The molecule has 4 aromatic rings. The number of nitrogens with zero attached hydrogens (tertiary/aromatic N) is 3. The molecule has 242 valence electrons. The molecule has 47 heavy (non-hydrogen) atoms. The number of fused-ring (bicyclic) bond motifs is 3. The summed E-state index contributed by atoms with van der Waals surface area (Å²) in [6.45, 7) is 11.2. The molecular formula is C40H44N3OS3+. The van der Waals surface area contributed by atoms with Crippen LogP contribution in [0.2, 0.25) is 0 Å².